The van der Waals surface area contributed by atoms with Gasteiger partial charge in [0.05, 0.1) is 16.9 Å². The summed E-state index contributed by atoms with van der Waals surface area (Å²) in [4.78, 5) is 11.9. The van der Waals surface area contributed by atoms with Crippen molar-refractivity contribution in [3.63, 3.8) is 0 Å². The van der Waals surface area contributed by atoms with E-state index in [0.717, 1.165) is 0 Å². The summed E-state index contributed by atoms with van der Waals surface area (Å²) in [6.45, 7) is 0. The molecule has 4 nitrogen and oxygen atoms in total. The van der Waals surface area contributed by atoms with Crippen molar-refractivity contribution < 1.29 is 17.6 Å². The lowest BCUT2D eigenvalue weighted by Gasteiger charge is -2.02. The number of carbonyl (C=O) groups excluding carboxylic acids is 1. The molecule has 1 aromatic carbocycles. The molecule has 0 spiro atoms. The minimum atomic E-state index is -3.41. The van der Waals surface area contributed by atoms with Crippen LogP contribution in [0, 0.1) is 0 Å². The molecule has 0 aliphatic heterocycles. The van der Waals surface area contributed by atoms with Gasteiger partial charge in [0.25, 0.3) is 0 Å². The lowest BCUT2D eigenvalue weighted by Crippen LogP contribution is -2.11. The zero-order chi connectivity index (χ0) is 13.0. The largest absolute Gasteiger partial charge is 0.461 e. The van der Waals surface area contributed by atoms with E-state index in [2.05, 4.69) is 0 Å². The van der Waals surface area contributed by atoms with E-state index in [-0.39, 0.29) is 28.6 Å². The number of hydrogen-bond donors (Lipinski definition) is 0. The van der Waals surface area contributed by atoms with Crippen molar-refractivity contribution in [2.24, 2.45) is 0 Å². The monoisotopic (exact) mass is 264 g/mol. The van der Waals surface area contributed by atoms with Gasteiger partial charge in [-0.2, -0.15) is 0 Å². The van der Waals surface area contributed by atoms with Crippen LogP contribution in [0.5, 0.6) is 0 Å². The summed E-state index contributed by atoms with van der Waals surface area (Å²) in [6, 6.07) is 11.2. The third-order valence-electron chi connectivity index (χ3n) is 2.50. The zero-order valence-electron chi connectivity index (χ0n) is 9.57. The van der Waals surface area contributed by atoms with Gasteiger partial charge in [0.1, 0.15) is 0 Å². The molecule has 0 aliphatic rings. The van der Waals surface area contributed by atoms with Gasteiger partial charge < -0.3 is 4.42 Å². The van der Waals surface area contributed by atoms with Gasteiger partial charge in [0.2, 0.25) is 0 Å². The van der Waals surface area contributed by atoms with Crippen LogP contribution in [-0.2, 0) is 9.84 Å². The number of sulfone groups is 1. The fourth-order valence-electron chi connectivity index (χ4n) is 1.53. The molecule has 0 saturated carbocycles. The van der Waals surface area contributed by atoms with Gasteiger partial charge >= 0.3 is 0 Å². The van der Waals surface area contributed by atoms with Crippen molar-refractivity contribution >= 4 is 15.6 Å². The van der Waals surface area contributed by atoms with Crippen LogP contribution in [0.15, 0.2) is 58.0 Å². The average Bonchev–Trinajstić information content (AvgIpc) is 2.91. The molecule has 0 atom stereocenters. The Bertz CT molecular complexity index is 612. The van der Waals surface area contributed by atoms with Crippen LogP contribution >= 0.6 is 0 Å². The van der Waals surface area contributed by atoms with Crippen LogP contribution in [0.3, 0.4) is 0 Å². The third-order valence-corrected chi connectivity index (χ3v) is 4.23. The Morgan fingerprint density at radius 2 is 1.78 bits per heavy atom. The summed E-state index contributed by atoms with van der Waals surface area (Å²) >= 11 is 0. The SMILES string of the molecule is O=C(CCS(=O)(=O)c1ccccc1)c1ccco1. The summed E-state index contributed by atoms with van der Waals surface area (Å²) < 4.78 is 28.8. The molecule has 94 valence electrons. The summed E-state index contributed by atoms with van der Waals surface area (Å²) in [7, 11) is -3.41. The first-order valence-electron chi connectivity index (χ1n) is 5.44. The minimum Gasteiger partial charge on any atom is -0.461 e. The summed E-state index contributed by atoms with van der Waals surface area (Å²) in [5.41, 5.74) is 0. The molecule has 5 heteroatoms. The van der Waals surface area contributed by atoms with Crippen molar-refractivity contribution in [1.82, 2.24) is 0 Å². The molecule has 0 N–H and O–H groups in total. The van der Waals surface area contributed by atoms with E-state index in [1.54, 1.807) is 24.3 Å². The minimum absolute atomic E-state index is 0.0786. The predicted octanol–water partition coefficient (Wildman–Crippen LogP) is 2.33. The van der Waals surface area contributed by atoms with Crippen molar-refractivity contribution in [2.75, 3.05) is 5.75 Å². The van der Waals surface area contributed by atoms with E-state index in [1.807, 2.05) is 0 Å². The van der Waals surface area contributed by atoms with E-state index < -0.39 is 9.84 Å². The number of hydrogen-bond acceptors (Lipinski definition) is 4. The van der Waals surface area contributed by atoms with Crippen LogP contribution in [0.4, 0.5) is 0 Å². The van der Waals surface area contributed by atoms with Crippen LogP contribution in [0.25, 0.3) is 0 Å². The van der Waals surface area contributed by atoms with Gasteiger partial charge in [-0.25, -0.2) is 8.42 Å². The maximum absolute atomic E-state index is 11.9. The van der Waals surface area contributed by atoms with E-state index in [0.29, 0.717) is 0 Å². The van der Waals surface area contributed by atoms with Gasteiger partial charge in [-0.1, -0.05) is 18.2 Å². The molecule has 0 bridgehead atoms. The third kappa shape index (κ3) is 2.87. The van der Waals surface area contributed by atoms with Crippen LogP contribution in [0.1, 0.15) is 17.0 Å². The lowest BCUT2D eigenvalue weighted by atomic mass is 10.2. The predicted molar refractivity (Wildman–Crippen MR) is 66.2 cm³/mol. The van der Waals surface area contributed by atoms with Crippen LogP contribution in [-0.4, -0.2) is 20.0 Å². The van der Waals surface area contributed by atoms with Gasteiger partial charge in [0.15, 0.2) is 21.4 Å². The van der Waals surface area contributed by atoms with Crippen LogP contribution < -0.4 is 0 Å². The Morgan fingerprint density at radius 3 is 2.39 bits per heavy atom. The lowest BCUT2D eigenvalue weighted by molar-refractivity contribution is 0.0962. The molecule has 2 aromatic rings. The number of Topliss-reactive ketones (excluding diaryl/α,β-unsaturated/α-hetero) is 1. The Morgan fingerprint density at radius 1 is 1.06 bits per heavy atom. The second-order valence-electron chi connectivity index (χ2n) is 3.78. The molecule has 1 heterocycles. The fourth-order valence-corrected chi connectivity index (χ4v) is 2.79. The summed E-state index contributed by atoms with van der Waals surface area (Å²) in [5.74, 6) is -0.325. The van der Waals surface area contributed by atoms with Gasteiger partial charge in [-0.15, -0.1) is 0 Å². The normalized spacial score (nSPS) is 11.3. The van der Waals surface area contributed by atoms with Crippen molar-refractivity contribution in [3.8, 4) is 0 Å². The molecular weight excluding hydrogens is 252 g/mol. The summed E-state index contributed by atoms with van der Waals surface area (Å²) in [5, 5.41) is 0. The highest BCUT2D eigenvalue weighted by molar-refractivity contribution is 7.91. The molecule has 0 unspecified atom stereocenters. The number of rotatable bonds is 5. The second-order valence-corrected chi connectivity index (χ2v) is 5.89. The molecule has 0 radical (unpaired) electrons. The van der Waals surface area contributed by atoms with E-state index in [9.17, 15) is 13.2 Å². The average molecular weight is 264 g/mol. The second kappa shape index (κ2) is 5.18. The molecule has 18 heavy (non-hydrogen) atoms. The van der Waals surface area contributed by atoms with Crippen molar-refractivity contribution in [1.29, 1.82) is 0 Å². The van der Waals surface area contributed by atoms with E-state index in [1.165, 1.54) is 24.5 Å². The van der Waals surface area contributed by atoms with Crippen molar-refractivity contribution in [3.05, 3.63) is 54.5 Å². The maximum Gasteiger partial charge on any atom is 0.199 e. The van der Waals surface area contributed by atoms with Gasteiger partial charge in [-0.05, 0) is 24.3 Å². The standard InChI is InChI=1S/C13H12O4S/c14-12(13-7-4-9-17-13)8-10-18(15,16)11-5-2-1-3-6-11/h1-7,9H,8,10H2. The highest BCUT2D eigenvalue weighted by Gasteiger charge is 2.17. The number of carbonyl (C=O) groups is 1. The Hall–Kier alpha value is -1.88. The topological polar surface area (TPSA) is 64.3 Å². The molecule has 2 rings (SSSR count). The molecule has 0 aliphatic carbocycles. The van der Waals surface area contributed by atoms with E-state index >= 15 is 0 Å². The van der Waals surface area contributed by atoms with Gasteiger partial charge in [-0.3, -0.25) is 4.79 Å². The molecule has 0 amide bonds. The molecule has 1 aromatic heterocycles. The quantitative estimate of drug-likeness (QED) is 0.777. The highest BCUT2D eigenvalue weighted by Crippen LogP contribution is 2.13. The Balaban J connectivity index is 2.05. The number of ketones is 1. The molecular formula is C13H12O4S. The summed E-state index contributed by atoms with van der Waals surface area (Å²) in [6.07, 6.45) is 1.31. The zero-order valence-corrected chi connectivity index (χ0v) is 10.4. The first-order valence-corrected chi connectivity index (χ1v) is 7.09. The van der Waals surface area contributed by atoms with Crippen LogP contribution in [0.2, 0.25) is 0 Å². The first-order chi connectivity index (χ1) is 8.59. The number of benzene rings is 1. The Labute approximate surface area is 105 Å². The molecule has 0 fully saturated rings. The van der Waals surface area contributed by atoms with Gasteiger partial charge in [0, 0.05) is 6.42 Å². The number of furan rings is 1. The van der Waals surface area contributed by atoms with E-state index in [4.69, 9.17) is 4.42 Å². The smallest absolute Gasteiger partial charge is 0.199 e. The first kappa shape index (κ1) is 12.6. The Kier molecular flexibility index (Phi) is 3.62. The maximum atomic E-state index is 11.9. The highest BCUT2D eigenvalue weighted by atomic mass is 32.2. The fraction of sp³-hybridized carbons (Fsp3) is 0.154. The van der Waals surface area contributed by atoms with Crippen molar-refractivity contribution in [2.45, 2.75) is 11.3 Å². The molecule has 0 saturated heterocycles.